The molecule has 1 N–H and O–H groups in total. The first-order valence-electron chi connectivity index (χ1n) is 12.6. The molecule has 0 aliphatic rings. The summed E-state index contributed by atoms with van der Waals surface area (Å²) in [6.45, 7) is 1.73. The van der Waals surface area contributed by atoms with Crippen LogP contribution >= 0.6 is 0 Å². The Labute approximate surface area is 229 Å². The van der Waals surface area contributed by atoms with Crippen molar-refractivity contribution in [2.45, 2.75) is 28.9 Å². The molecule has 204 valence electrons. The van der Waals surface area contributed by atoms with Gasteiger partial charge >= 0.3 is 0 Å². The van der Waals surface area contributed by atoms with Crippen molar-refractivity contribution in [3.63, 3.8) is 0 Å². The van der Waals surface area contributed by atoms with Gasteiger partial charge in [0, 0.05) is 19.6 Å². The largest absolute Gasteiger partial charge is 0.497 e. The zero-order valence-electron chi connectivity index (χ0n) is 21.7. The van der Waals surface area contributed by atoms with Crippen LogP contribution in [0.5, 0.6) is 11.5 Å². The van der Waals surface area contributed by atoms with Gasteiger partial charge in [-0.15, -0.1) is 0 Å². The number of ether oxygens (including phenoxy) is 2. The molecule has 4 rings (SSSR count). The van der Waals surface area contributed by atoms with E-state index in [9.17, 15) is 17.9 Å². The molecule has 39 heavy (non-hydrogen) atoms. The Morgan fingerprint density at radius 1 is 0.821 bits per heavy atom. The van der Waals surface area contributed by atoms with E-state index in [1.807, 2.05) is 42.5 Å². The van der Waals surface area contributed by atoms with Crippen LogP contribution in [0.2, 0.25) is 0 Å². The van der Waals surface area contributed by atoms with Gasteiger partial charge in [-0.2, -0.15) is 0 Å². The van der Waals surface area contributed by atoms with E-state index in [4.69, 9.17) is 9.47 Å². The number of rotatable bonds is 13. The molecule has 4 aromatic carbocycles. The molecule has 6 nitrogen and oxygen atoms in total. The van der Waals surface area contributed by atoms with Crippen molar-refractivity contribution in [3.05, 3.63) is 120 Å². The van der Waals surface area contributed by atoms with E-state index in [0.29, 0.717) is 37.6 Å². The van der Waals surface area contributed by atoms with Crippen LogP contribution < -0.4 is 9.47 Å². The fourth-order valence-electron chi connectivity index (χ4n) is 4.18. The monoisotopic (exact) mass is 549 g/mol. The maximum atomic E-state index is 13.1. The molecule has 1 unspecified atom stereocenters. The summed E-state index contributed by atoms with van der Waals surface area (Å²) in [6.07, 6.45) is -0.0909. The van der Waals surface area contributed by atoms with Crippen LogP contribution in [-0.2, 0) is 22.8 Å². The molecule has 8 heteroatoms. The van der Waals surface area contributed by atoms with Crippen LogP contribution in [0.25, 0.3) is 0 Å². The van der Waals surface area contributed by atoms with Crippen molar-refractivity contribution in [1.29, 1.82) is 0 Å². The fourth-order valence-corrected chi connectivity index (χ4v) is 5.47. The van der Waals surface area contributed by atoms with Gasteiger partial charge in [-0.3, -0.25) is 4.90 Å². The minimum atomic E-state index is -3.67. The zero-order valence-corrected chi connectivity index (χ0v) is 22.6. The highest BCUT2D eigenvalue weighted by Crippen LogP contribution is 2.24. The second-order valence-electron chi connectivity index (χ2n) is 9.22. The van der Waals surface area contributed by atoms with Gasteiger partial charge in [0.2, 0.25) is 9.84 Å². The number of aliphatic hydroxyl groups is 1. The van der Waals surface area contributed by atoms with Gasteiger partial charge in [0.15, 0.2) is 0 Å². The van der Waals surface area contributed by atoms with E-state index in [-0.39, 0.29) is 22.2 Å². The van der Waals surface area contributed by atoms with E-state index in [2.05, 4.69) is 4.90 Å². The lowest BCUT2D eigenvalue weighted by Gasteiger charge is -2.25. The summed E-state index contributed by atoms with van der Waals surface area (Å²) in [5.41, 5.74) is 2.10. The Hall–Kier alpha value is -3.72. The molecule has 0 radical (unpaired) electrons. The van der Waals surface area contributed by atoms with Crippen molar-refractivity contribution in [1.82, 2.24) is 4.90 Å². The summed E-state index contributed by atoms with van der Waals surface area (Å²) < 4.78 is 50.0. The Morgan fingerprint density at radius 3 is 2.23 bits per heavy atom. The second-order valence-corrected chi connectivity index (χ2v) is 11.2. The molecule has 0 saturated heterocycles. The molecular weight excluding hydrogens is 517 g/mol. The van der Waals surface area contributed by atoms with Crippen LogP contribution in [0.3, 0.4) is 0 Å². The molecule has 0 amide bonds. The smallest absolute Gasteiger partial charge is 0.206 e. The third-order valence-corrected chi connectivity index (χ3v) is 8.04. The molecule has 0 aliphatic carbocycles. The second kappa shape index (κ2) is 13.4. The molecular formula is C31H32FNO5S. The number of methoxy groups -OCH3 is 1. The molecule has 0 heterocycles. The maximum Gasteiger partial charge on any atom is 0.206 e. The Balaban J connectivity index is 1.39. The fraction of sp³-hybridized carbons (Fsp3) is 0.226. The van der Waals surface area contributed by atoms with E-state index in [1.165, 1.54) is 37.4 Å². The Bertz CT molecular complexity index is 1430. The molecule has 0 saturated carbocycles. The lowest BCUT2D eigenvalue weighted by Crippen LogP contribution is -2.36. The number of aliphatic hydroxyl groups excluding tert-OH is 1. The van der Waals surface area contributed by atoms with Crippen LogP contribution in [0.4, 0.5) is 4.39 Å². The van der Waals surface area contributed by atoms with Crippen molar-refractivity contribution < 1.29 is 27.4 Å². The number of sulfone groups is 1. The van der Waals surface area contributed by atoms with E-state index in [0.717, 1.165) is 11.1 Å². The van der Waals surface area contributed by atoms with Crippen LogP contribution in [0, 0.1) is 5.82 Å². The van der Waals surface area contributed by atoms with Gasteiger partial charge in [0.05, 0.1) is 16.9 Å². The number of hydrogen-bond acceptors (Lipinski definition) is 6. The first-order chi connectivity index (χ1) is 18.8. The molecule has 1 atom stereocenters. The van der Waals surface area contributed by atoms with Crippen LogP contribution in [0.15, 0.2) is 113 Å². The first kappa shape index (κ1) is 28.3. The molecule has 4 aromatic rings. The number of hydrogen-bond donors (Lipinski definition) is 1. The maximum absolute atomic E-state index is 13.1. The molecule has 0 spiro atoms. The van der Waals surface area contributed by atoms with Gasteiger partial charge in [-0.25, -0.2) is 12.8 Å². The lowest BCUT2D eigenvalue weighted by atomic mass is 10.1. The van der Waals surface area contributed by atoms with Gasteiger partial charge in [0.1, 0.15) is 30.0 Å². The topological polar surface area (TPSA) is 76.1 Å². The van der Waals surface area contributed by atoms with Crippen molar-refractivity contribution in [2.24, 2.45) is 0 Å². The van der Waals surface area contributed by atoms with Crippen molar-refractivity contribution in [3.8, 4) is 11.5 Å². The normalized spacial score (nSPS) is 12.3. The third kappa shape index (κ3) is 8.13. The molecule has 0 bridgehead atoms. The number of benzene rings is 4. The minimum absolute atomic E-state index is 0.0771. The molecule has 0 aromatic heterocycles. The summed E-state index contributed by atoms with van der Waals surface area (Å²) in [6, 6.07) is 29.0. The van der Waals surface area contributed by atoms with E-state index >= 15 is 0 Å². The number of nitrogens with zero attached hydrogens (tertiary/aromatic N) is 1. The molecule has 0 fully saturated rings. The van der Waals surface area contributed by atoms with Crippen molar-refractivity contribution >= 4 is 9.84 Å². The minimum Gasteiger partial charge on any atom is -0.497 e. The summed E-state index contributed by atoms with van der Waals surface area (Å²) in [5, 5.41) is 10.7. The van der Waals surface area contributed by atoms with E-state index in [1.54, 1.807) is 30.3 Å². The lowest BCUT2D eigenvalue weighted by molar-refractivity contribution is 0.0659. The SMILES string of the molecule is COc1cccc(S(=O)(=O)c2ccc(CCN(Cc3ccccc3)CC(O)COc3ccc(F)cc3)cc2)c1. The quantitative estimate of drug-likeness (QED) is 0.249. The number of halogens is 1. The Morgan fingerprint density at radius 2 is 1.54 bits per heavy atom. The van der Waals surface area contributed by atoms with Gasteiger partial charge < -0.3 is 14.6 Å². The molecule has 0 aliphatic heterocycles. The van der Waals surface area contributed by atoms with Crippen LogP contribution in [0.1, 0.15) is 11.1 Å². The Kier molecular flexibility index (Phi) is 9.70. The highest BCUT2D eigenvalue weighted by atomic mass is 32.2. The summed E-state index contributed by atoms with van der Waals surface area (Å²) in [7, 11) is -2.17. The summed E-state index contributed by atoms with van der Waals surface area (Å²) >= 11 is 0. The standard InChI is InChI=1S/C31H32FNO5S/c1-37-29-8-5-9-31(20-29)39(35,36)30-16-10-24(11-17-30)18-19-33(21-25-6-3-2-4-7-25)22-27(34)23-38-28-14-12-26(32)13-15-28/h2-17,20,27,34H,18-19,21-23H2,1H3. The summed E-state index contributed by atoms with van der Waals surface area (Å²) in [5.74, 6) is 0.633. The van der Waals surface area contributed by atoms with Crippen molar-refractivity contribution in [2.75, 3.05) is 26.8 Å². The predicted octanol–water partition coefficient (Wildman–Crippen LogP) is 5.15. The van der Waals surface area contributed by atoms with Crippen LogP contribution in [-0.4, -0.2) is 51.3 Å². The van der Waals surface area contributed by atoms with E-state index < -0.39 is 15.9 Å². The average molecular weight is 550 g/mol. The average Bonchev–Trinajstić information content (AvgIpc) is 2.96. The highest BCUT2D eigenvalue weighted by molar-refractivity contribution is 7.91. The highest BCUT2D eigenvalue weighted by Gasteiger charge is 2.19. The predicted molar refractivity (Wildman–Crippen MR) is 148 cm³/mol. The van der Waals surface area contributed by atoms with Gasteiger partial charge in [0.25, 0.3) is 0 Å². The third-order valence-electron chi connectivity index (χ3n) is 6.28. The summed E-state index contributed by atoms with van der Waals surface area (Å²) in [4.78, 5) is 2.53. The first-order valence-corrected chi connectivity index (χ1v) is 14.1. The van der Waals surface area contributed by atoms with Gasteiger partial charge in [-0.1, -0.05) is 48.5 Å². The van der Waals surface area contributed by atoms with Gasteiger partial charge in [-0.05, 0) is 72.1 Å². The zero-order chi connectivity index (χ0) is 27.7.